The second-order valence-electron chi connectivity index (χ2n) is 7.92. The fraction of sp³-hybridized carbons (Fsp3) is 0.286. The summed E-state index contributed by atoms with van der Waals surface area (Å²) in [5, 5.41) is 24.7. The predicted molar refractivity (Wildman–Crippen MR) is 115 cm³/mol. The van der Waals surface area contributed by atoms with E-state index in [0.29, 0.717) is 22.3 Å². The van der Waals surface area contributed by atoms with E-state index < -0.39 is 4.92 Å². The first-order chi connectivity index (χ1) is 14.3. The largest absolute Gasteiger partial charge is 0.486 e. The smallest absolute Gasteiger partial charge is 0.270 e. The number of nitro benzene ring substituents is 1. The summed E-state index contributed by atoms with van der Waals surface area (Å²) in [6, 6.07) is 14.5. The SMILES string of the molecule is CC(C)(C)c1ccc(OCc2nnc3n2N=C(c2cccc([N+](=O)[O-])c2)CS3)cc1. The van der Waals surface area contributed by atoms with Crippen LogP contribution in [0.4, 0.5) is 5.69 Å². The van der Waals surface area contributed by atoms with Gasteiger partial charge in [-0.05, 0) is 23.1 Å². The average Bonchev–Trinajstić information content (AvgIpc) is 3.14. The molecule has 0 saturated carbocycles. The first-order valence-corrected chi connectivity index (χ1v) is 10.4. The molecule has 1 aliphatic rings. The summed E-state index contributed by atoms with van der Waals surface area (Å²) in [7, 11) is 0. The van der Waals surface area contributed by atoms with Gasteiger partial charge in [-0.15, -0.1) is 10.2 Å². The number of hydrogen-bond acceptors (Lipinski definition) is 7. The second kappa shape index (κ2) is 7.91. The van der Waals surface area contributed by atoms with E-state index in [1.54, 1.807) is 10.7 Å². The molecule has 0 amide bonds. The van der Waals surface area contributed by atoms with Crippen molar-refractivity contribution in [1.82, 2.24) is 14.9 Å². The number of hydrogen-bond donors (Lipinski definition) is 0. The highest BCUT2D eigenvalue weighted by Gasteiger charge is 2.21. The summed E-state index contributed by atoms with van der Waals surface area (Å²) in [6.45, 7) is 6.72. The number of nitrogens with zero attached hydrogens (tertiary/aromatic N) is 5. The van der Waals surface area contributed by atoms with Crippen LogP contribution in [0, 0.1) is 10.1 Å². The minimum absolute atomic E-state index is 0.0389. The summed E-state index contributed by atoms with van der Waals surface area (Å²) >= 11 is 1.49. The van der Waals surface area contributed by atoms with Crippen LogP contribution in [0.2, 0.25) is 0 Å². The molecule has 0 spiro atoms. The van der Waals surface area contributed by atoms with Gasteiger partial charge in [0.25, 0.3) is 5.69 Å². The lowest BCUT2D eigenvalue weighted by Gasteiger charge is -2.19. The Morgan fingerprint density at radius 1 is 1.17 bits per heavy atom. The number of rotatable bonds is 5. The number of non-ortho nitro benzene ring substituents is 1. The maximum atomic E-state index is 11.1. The number of aromatic nitrogens is 3. The van der Waals surface area contributed by atoms with Crippen molar-refractivity contribution in [3.8, 4) is 5.75 Å². The highest BCUT2D eigenvalue weighted by atomic mass is 32.2. The molecule has 1 aromatic heterocycles. The molecule has 2 heterocycles. The second-order valence-corrected chi connectivity index (χ2v) is 8.86. The predicted octanol–water partition coefficient (Wildman–Crippen LogP) is 4.42. The van der Waals surface area contributed by atoms with Gasteiger partial charge in [0.2, 0.25) is 5.16 Å². The van der Waals surface area contributed by atoms with Crippen LogP contribution in [0.1, 0.15) is 37.7 Å². The van der Waals surface area contributed by atoms with Crippen LogP contribution in [0.25, 0.3) is 0 Å². The first kappa shape index (κ1) is 20.1. The summed E-state index contributed by atoms with van der Waals surface area (Å²) < 4.78 is 7.53. The van der Waals surface area contributed by atoms with E-state index in [9.17, 15) is 10.1 Å². The number of benzene rings is 2. The van der Waals surface area contributed by atoms with Gasteiger partial charge in [0, 0.05) is 23.4 Å². The van der Waals surface area contributed by atoms with Crippen LogP contribution in [-0.4, -0.2) is 31.3 Å². The lowest BCUT2D eigenvalue weighted by atomic mass is 9.87. The standard InChI is InChI=1S/C21H21N5O3S/c1-21(2,3)15-7-9-17(10-8-15)29-12-19-22-23-20-25(19)24-18(13-30-20)14-5-4-6-16(11-14)26(27)28/h4-11H,12-13H2,1-3H3. The van der Waals surface area contributed by atoms with E-state index in [2.05, 4.69) is 48.2 Å². The third kappa shape index (κ3) is 4.20. The third-order valence-electron chi connectivity index (χ3n) is 4.71. The van der Waals surface area contributed by atoms with Crippen molar-refractivity contribution >= 4 is 23.2 Å². The minimum Gasteiger partial charge on any atom is -0.486 e. The lowest BCUT2D eigenvalue weighted by Crippen LogP contribution is -2.15. The topological polar surface area (TPSA) is 95.4 Å². The number of ether oxygens (including phenoxy) is 1. The molecule has 1 aliphatic heterocycles. The molecule has 8 nitrogen and oxygen atoms in total. The molecule has 2 aromatic carbocycles. The van der Waals surface area contributed by atoms with Crippen molar-refractivity contribution in [3.63, 3.8) is 0 Å². The Labute approximate surface area is 178 Å². The molecule has 0 bridgehead atoms. The zero-order valence-corrected chi connectivity index (χ0v) is 17.7. The van der Waals surface area contributed by atoms with E-state index in [4.69, 9.17) is 4.74 Å². The van der Waals surface area contributed by atoms with E-state index >= 15 is 0 Å². The van der Waals surface area contributed by atoms with E-state index in [1.807, 2.05) is 18.2 Å². The van der Waals surface area contributed by atoms with Crippen LogP contribution in [0.3, 0.4) is 0 Å². The summed E-state index contributed by atoms with van der Waals surface area (Å²) in [5.74, 6) is 1.88. The first-order valence-electron chi connectivity index (χ1n) is 9.44. The van der Waals surface area contributed by atoms with Gasteiger partial charge < -0.3 is 4.74 Å². The maximum Gasteiger partial charge on any atom is 0.270 e. The molecule has 3 aromatic rings. The molecule has 0 aliphatic carbocycles. The van der Waals surface area contributed by atoms with Crippen LogP contribution >= 0.6 is 11.8 Å². The minimum atomic E-state index is -0.408. The Kier molecular flexibility index (Phi) is 5.29. The fourth-order valence-electron chi connectivity index (χ4n) is 3.00. The zero-order valence-electron chi connectivity index (χ0n) is 16.9. The fourth-order valence-corrected chi connectivity index (χ4v) is 3.85. The van der Waals surface area contributed by atoms with E-state index in [0.717, 1.165) is 11.5 Å². The summed E-state index contributed by atoms with van der Waals surface area (Å²) in [5.41, 5.74) is 2.79. The normalized spacial score (nSPS) is 13.5. The van der Waals surface area contributed by atoms with Crippen LogP contribution in [-0.2, 0) is 12.0 Å². The van der Waals surface area contributed by atoms with Crippen molar-refractivity contribution in [3.05, 3.63) is 75.6 Å². The Bertz CT molecular complexity index is 1120. The van der Waals surface area contributed by atoms with Crippen molar-refractivity contribution in [1.29, 1.82) is 0 Å². The summed E-state index contributed by atoms with van der Waals surface area (Å²) in [4.78, 5) is 10.7. The van der Waals surface area contributed by atoms with Crippen molar-refractivity contribution in [2.75, 3.05) is 5.75 Å². The summed E-state index contributed by atoms with van der Waals surface area (Å²) in [6.07, 6.45) is 0. The van der Waals surface area contributed by atoms with Gasteiger partial charge in [-0.1, -0.05) is 56.8 Å². The van der Waals surface area contributed by atoms with Crippen molar-refractivity contribution in [2.45, 2.75) is 37.9 Å². The Morgan fingerprint density at radius 3 is 2.63 bits per heavy atom. The number of thioether (sulfide) groups is 1. The van der Waals surface area contributed by atoms with Crippen LogP contribution in [0.5, 0.6) is 5.75 Å². The monoisotopic (exact) mass is 423 g/mol. The average molecular weight is 423 g/mol. The zero-order chi connectivity index (χ0) is 21.3. The van der Waals surface area contributed by atoms with Gasteiger partial charge in [-0.25, -0.2) is 0 Å². The molecule has 9 heteroatoms. The van der Waals surface area contributed by atoms with Crippen LogP contribution in [0.15, 0.2) is 58.8 Å². The Balaban J connectivity index is 1.53. The Morgan fingerprint density at radius 2 is 1.93 bits per heavy atom. The molecule has 154 valence electrons. The number of fused-ring (bicyclic) bond motifs is 1. The molecule has 0 fully saturated rings. The number of nitro groups is 1. The van der Waals surface area contributed by atoms with Crippen molar-refractivity contribution < 1.29 is 9.66 Å². The van der Waals surface area contributed by atoms with Gasteiger partial charge in [0.15, 0.2) is 5.82 Å². The van der Waals surface area contributed by atoms with E-state index in [1.165, 1.54) is 29.5 Å². The Hall–Kier alpha value is -3.20. The van der Waals surface area contributed by atoms with Gasteiger partial charge in [-0.3, -0.25) is 10.1 Å². The molecule has 4 rings (SSSR count). The van der Waals surface area contributed by atoms with Crippen molar-refractivity contribution in [2.24, 2.45) is 5.10 Å². The molecule has 0 radical (unpaired) electrons. The van der Waals surface area contributed by atoms with E-state index in [-0.39, 0.29) is 17.7 Å². The van der Waals surface area contributed by atoms with Crippen LogP contribution < -0.4 is 4.74 Å². The highest BCUT2D eigenvalue weighted by molar-refractivity contribution is 7.99. The molecule has 0 saturated heterocycles. The lowest BCUT2D eigenvalue weighted by molar-refractivity contribution is -0.384. The van der Waals surface area contributed by atoms with Gasteiger partial charge in [0.05, 0.1) is 10.6 Å². The van der Waals surface area contributed by atoms with Gasteiger partial charge in [-0.2, -0.15) is 9.78 Å². The highest BCUT2D eigenvalue weighted by Crippen LogP contribution is 2.27. The molecular weight excluding hydrogens is 402 g/mol. The quantitative estimate of drug-likeness (QED) is 0.445. The maximum absolute atomic E-state index is 11.1. The molecule has 0 N–H and O–H groups in total. The molecule has 0 unspecified atom stereocenters. The third-order valence-corrected chi connectivity index (χ3v) is 5.64. The molecular formula is C21H21N5O3S. The molecule has 30 heavy (non-hydrogen) atoms. The van der Waals surface area contributed by atoms with Gasteiger partial charge in [0.1, 0.15) is 12.4 Å². The van der Waals surface area contributed by atoms with Gasteiger partial charge >= 0.3 is 0 Å². The molecule has 0 atom stereocenters.